The van der Waals surface area contributed by atoms with Crippen LogP contribution in [0.25, 0.3) is 0 Å². The van der Waals surface area contributed by atoms with Gasteiger partial charge in [0.2, 0.25) is 0 Å². The number of carbonyl (C=O) groups is 3. The summed E-state index contributed by atoms with van der Waals surface area (Å²) in [6, 6.07) is 0. The summed E-state index contributed by atoms with van der Waals surface area (Å²) >= 11 is 0. The lowest BCUT2D eigenvalue weighted by atomic mass is 10.1. The Morgan fingerprint density at radius 2 is 0.818 bits per heavy atom. The molecular weight excluding hydrogens is 288 g/mol. The zero-order valence-corrected chi connectivity index (χ0v) is 14.4. The second kappa shape index (κ2) is 10.2. The standard InChI is InChI=1S/C16H28O6/c1-10(2)14(17)20-7-13(8-21-15(18)11(3)4)9-22-16(19)12(5)6/h10-13H,7-9H2,1-6H3. The molecule has 0 rings (SSSR count). The molecule has 0 aromatic heterocycles. The monoisotopic (exact) mass is 316 g/mol. The summed E-state index contributed by atoms with van der Waals surface area (Å²) in [4.78, 5) is 34.5. The maximum Gasteiger partial charge on any atom is 0.308 e. The Morgan fingerprint density at radius 1 is 0.591 bits per heavy atom. The van der Waals surface area contributed by atoms with E-state index >= 15 is 0 Å². The molecule has 0 fully saturated rings. The molecular formula is C16H28O6. The highest BCUT2D eigenvalue weighted by atomic mass is 16.6. The highest BCUT2D eigenvalue weighted by Gasteiger charge is 2.20. The lowest BCUT2D eigenvalue weighted by Crippen LogP contribution is -2.28. The molecule has 0 saturated carbocycles. The van der Waals surface area contributed by atoms with Crippen LogP contribution < -0.4 is 0 Å². The van der Waals surface area contributed by atoms with Crippen molar-refractivity contribution in [3.63, 3.8) is 0 Å². The first-order valence-electron chi connectivity index (χ1n) is 7.65. The molecule has 0 saturated heterocycles. The molecule has 0 aromatic rings. The first-order chi connectivity index (χ1) is 10.1. The average Bonchev–Trinajstić information content (AvgIpc) is 2.44. The van der Waals surface area contributed by atoms with E-state index in [0.29, 0.717) is 0 Å². The Balaban J connectivity index is 4.45. The third-order valence-electron chi connectivity index (χ3n) is 2.80. The van der Waals surface area contributed by atoms with Crippen molar-refractivity contribution < 1.29 is 28.6 Å². The Morgan fingerprint density at radius 3 is 1.00 bits per heavy atom. The van der Waals surface area contributed by atoms with Crippen LogP contribution >= 0.6 is 0 Å². The minimum atomic E-state index is -0.368. The van der Waals surface area contributed by atoms with E-state index in [-0.39, 0.29) is 61.4 Å². The first kappa shape index (κ1) is 20.4. The van der Waals surface area contributed by atoms with E-state index in [4.69, 9.17) is 14.2 Å². The molecule has 0 aromatic carbocycles. The second-order valence-corrected chi connectivity index (χ2v) is 6.22. The smallest absolute Gasteiger partial charge is 0.308 e. The molecule has 6 nitrogen and oxygen atoms in total. The summed E-state index contributed by atoms with van der Waals surface area (Å²) in [7, 11) is 0. The van der Waals surface area contributed by atoms with Gasteiger partial charge >= 0.3 is 17.9 Å². The van der Waals surface area contributed by atoms with Gasteiger partial charge in [0, 0.05) is 0 Å². The van der Waals surface area contributed by atoms with Crippen LogP contribution in [-0.4, -0.2) is 37.7 Å². The van der Waals surface area contributed by atoms with Gasteiger partial charge in [-0.1, -0.05) is 41.5 Å². The van der Waals surface area contributed by atoms with Gasteiger partial charge < -0.3 is 14.2 Å². The van der Waals surface area contributed by atoms with E-state index < -0.39 is 0 Å². The van der Waals surface area contributed by atoms with Crippen LogP contribution in [0.1, 0.15) is 41.5 Å². The molecule has 6 heteroatoms. The third-order valence-corrected chi connectivity index (χ3v) is 2.80. The van der Waals surface area contributed by atoms with Crippen LogP contribution in [0.5, 0.6) is 0 Å². The molecule has 22 heavy (non-hydrogen) atoms. The SMILES string of the molecule is CC(C)C(=O)OCC(COC(=O)C(C)C)COC(=O)C(C)C. The van der Waals surface area contributed by atoms with Crippen molar-refractivity contribution in [2.45, 2.75) is 41.5 Å². The van der Waals surface area contributed by atoms with Crippen molar-refractivity contribution in [3.8, 4) is 0 Å². The zero-order valence-electron chi connectivity index (χ0n) is 14.4. The summed E-state index contributed by atoms with van der Waals surface area (Å²) in [5.41, 5.74) is 0. The number of carbonyl (C=O) groups excluding carboxylic acids is 3. The van der Waals surface area contributed by atoms with Gasteiger partial charge in [0.1, 0.15) is 19.8 Å². The summed E-state index contributed by atoms with van der Waals surface area (Å²) < 4.78 is 15.4. The molecule has 0 radical (unpaired) electrons. The third kappa shape index (κ3) is 8.64. The van der Waals surface area contributed by atoms with E-state index in [2.05, 4.69) is 0 Å². The number of hydrogen-bond donors (Lipinski definition) is 0. The maximum atomic E-state index is 11.5. The van der Waals surface area contributed by atoms with E-state index in [1.165, 1.54) is 0 Å². The van der Waals surface area contributed by atoms with E-state index in [0.717, 1.165) is 0 Å². The van der Waals surface area contributed by atoms with Crippen molar-refractivity contribution in [2.24, 2.45) is 23.7 Å². The summed E-state index contributed by atoms with van der Waals surface area (Å²) in [5.74, 6) is -2.10. The molecule has 0 unspecified atom stereocenters. The molecule has 0 aliphatic rings. The number of hydrogen-bond acceptors (Lipinski definition) is 6. The number of ether oxygens (including phenoxy) is 3. The van der Waals surface area contributed by atoms with Gasteiger partial charge in [0.25, 0.3) is 0 Å². The molecule has 128 valence electrons. The fourth-order valence-electron chi connectivity index (χ4n) is 1.24. The molecule has 0 aliphatic carbocycles. The Hall–Kier alpha value is -1.59. The van der Waals surface area contributed by atoms with Gasteiger partial charge in [-0.15, -0.1) is 0 Å². The topological polar surface area (TPSA) is 78.9 Å². The largest absolute Gasteiger partial charge is 0.465 e. The minimum Gasteiger partial charge on any atom is -0.465 e. The Kier molecular flexibility index (Phi) is 9.45. The first-order valence-corrected chi connectivity index (χ1v) is 7.65. The fourth-order valence-corrected chi connectivity index (χ4v) is 1.24. The van der Waals surface area contributed by atoms with Gasteiger partial charge in [-0.3, -0.25) is 14.4 Å². The van der Waals surface area contributed by atoms with Crippen LogP contribution in [0, 0.1) is 23.7 Å². The molecule has 0 bridgehead atoms. The second-order valence-electron chi connectivity index (χ2n) is 6.22. The Bertz CT molecular complexity index is 316. The zero-order chi connectivity index (χ0) is 17.3. The van der Waals surface area contributed by atoms with Crippen LogP contribution in [0.3, 0.4) is 0 Å². The summed E-state index contributed by atoms with van der Waals surface area (Å²) in [5, 5.41) is 0. The normalized spacial score (nSPS) is 11.2. The summed E-state index contributed by atoms with van der Waals surface area (Å²) in [6.07, 6.45) is 0. The highest BCUT2D eigenvalue weighted by Crippen LogP contribution is 2.07. The molecule has 0 atom stereocenters. The number of esters is 3. The van der Waals surface area contributed by atoms with Crippen LogP contribution in [0.15, 0.2) is 0 Å². The Labute approximate surface area is 132 Å². The van der Waals surface area contributed by atoms with Crippen LogP contribution in [-0.2, 0) is 28.6 Å². The van der Waals surface area contributed by atoms with Gasteiger partial charge in [0.15, 0.2) is 0 Å². The molecule has 0 aliphatic heterocycles. The van der Waals surface area contributed by atoms with E-state index in [1.807, 2.05) is 0 Å². The molecule has 0 heterocycles. The van der Waals surface area contributed by atoms with Crippen molar-refractivity contribution in [1.29, 1.82) is 0 Å². The van der Waals surface area contributed by atoms with Crippen molar-refractivity contribution in [2.75, 3.05) is 19.8 Å². The molecule has 0 spiro atoms. The van der Waals surface area contributed by atoms with Crippen LogP contribution in [0.4, 0.5) is 0 Å². The predicted octanol–water partition coefficient (Wildman–Crippen LogP) is 2.20. The van der Waals surface area contributed by atoms with Crippen molar-refractivity contribution in [1.82, 2.24) is 0 Å². The van der Waals surface area contributed by atoms with Crippen molar-refractivity contribution in [3.05, 3.63) is 0 Å². The quantitative estimate of drug-likeness (QED) is 0.479. The highest BCUT2D eigenvalue weighted by molar-refractivity contribution is 5.72. The van der Waals surface area contributed by atoms with Gasteiger partial charge in [0.05, 0.1) is 23.7 Å². The van der Waals surface area contributed by atoms with E-state index in [1.54, 1.807) is 41.5 Å². The molecule has 0 amide bonds. The van der Waals surface area contributed by atoms with Gasteiger partial charge in [-0.05, 0) is 0 Å². The lowest BCUT2D eigenvalue weighted by Gasteiger charge is -2.19. The predicted molar refractivity (Wildman–Crippen MR) is 80.9 cm³/mol. The number of rotatable bonds is 9. The van der Waals surface area contributed by atoms with E-state index in [9.17, 15) is 14.4 Å². The molecule has 0 N–H and O–H groups in total. The summed E-state index contributed by atoms with van der Waals surface area (Å²) in [6.45, 7) is 10.5. The van der Waals surface area contributed by atoms with Gasteiger partial charge in [-0.2, -0.15) is 0 Å². The maximum absolute atomic E-state index is 11.5. The minimum absolute atomic E-state index is 0.0494. The van der Waals surface area contributed by atoms with Gasteiger partial charge in [-0.25, -0.2) is 0 Å². The fraction of sp³-hybridized carbons (Fsp3) is 0.812. The van der Waals surface area contributed by atoms with Crippen molar-refractivity contribution >= 4 is 17.9 Å². The lowest BCUT2D eigenvalue weighted by molar-refractivity contribution is -0.157. The van der Waals surface area contributed by atoms with Crippen LogP contribution in [0.2, 0.25) is 0 Å². The average molecular weight is 316 g/mol.